The van der Waals surface area contributed by atoms with E-state index in [1.807, 2.05) is 0 Å². The highest BCUT2D eigenvalue weighted by atomic mass is 32.2. The van der Waals surface area contributed by atoms with Crippen LogP contribution >= 0.6 is 0 Å². The van der Waals surface area contributed by atoms with Crippen LogP contribution in [0.4, 0.5) is 0 Å². The van der Waals surface area contributed by atoms with Crippen molar-refractivity contribution >= 4 is 21.8 Å². The van der Waals surface area contributed by atoms with Gasteiger partial charge in [-0.2, -0.15) is 0 Å². The molecule has 9 heteroatoms. The Hall–Kier alpha value is -2.91. The summed E-state index contributed by atoms with van der Waals surface area (Å²) in [6, 6.07) is 14.5. The molecule has 0 unspecified atom stereocenters. The summed E-state index contributed by atoms with van der Waals surface area (Å²) in [6.07, 6.45) is 0. The highest BCUT2D eigenvalue weighted by Crippen LogP contribution is 2.14. The summed E-state index contributed by atoms with van der Waals surface area (Å²) in [7, 11) is -2.18. The Kier molecular flexibility index (Phi) is 7.33. The first-order chi connectivity index (χ1) is 12.9. The monoisotopic (exact) mass is 391 g/mol. The fraction of sp³-hybridized carbons (Fsp3) is 0.222. The first-order valence-electron chi connectivity index (χ1n) is 8.16. The number of methoxy groups -OCH3 is 1. The van der Waals surface area contributed by atoms with Crippen LogP contribution in [-0.2, 0) is 14.8 Å². The third kappa shape index (κ3) is 6.39. The average molecular weight is 391 g/mol. The molecule has 8 nitrogen and oxygen atoms in total. The Morgan fingerprint density at radius 1 is 0.926 bits per heavy atom. The summed E-state index contributed by atoms with van der Waals surface area (Å²) in [5, 5.41) is 5.02. The second-order valence-corrected chi connectivity index (χ2v) is 7.24. The van der Waals surface area contributed by atoms with Crippen molar-refractivity contribution in [2.75, 3.05) is 26.7 Å². The summed E-state index contributed by atoms with van der Waals surface area (Å²) in [5.41, 5.74) is 0.456. The van der Waals surface area contributed by atoms with Crippen LogP contribution in [-0.4, -0.2) is 47.0 Å². The molecule has 2 amide bonds. The van der Waals surface area contributed by atoms with Gasteiger partial charge in [-0.3, -0.25) is 9.59 Å². The van der Waals surface area contributed by atoms with Crippen molar-refractivity contribution in [3.05, 3.63) is 60.2 Å². The molecule has 0 aromatic heterocycles. The first kappa shape index (κ1) is 20.4. The molecule has 3 N–H and O–H groups in total. The molecule has 0 bridgehead atoms. The largest absolute Gasteiger partial charge is 0.497 e. The molecule has 0 fully saturated rings. The van der Waals surface area contributed by atoms with Crippen molar-refractivity contribution in [1.82, 2.24) is 15.4 Å². The lowest BCUT2D eigenvalue weighted by Crippen LogP contribution is -2.40. The van der Waals surface area contributed by atoms with Crippen LogP contribution in [0.3, 0.4) is 0 Å². The first-order valence-corrected chi connectivity index (χ1v) is 9.64. The normalized spacial score (nSPS) is 10.9. The van der Waals surface area contributed by atoms with Crippen molar-refractivity contribution in [2.45, 2.75) is 4.90 Å². The second-order valence-electron chi connectivity index (χ2n) is 5.47. The average Bonchev–Trinajstić information content (AvgIpc) is 2.70. The zero-order chi connectivity index (χ0) is 19.7. The van der Waals surface area contributed by atoms with Crippen LogP contribution in [0, 0.1) is 0 Å². The van der Waals surface area contributed by atoms with E-state index < -0.39 is 15.9 Å². The maximum atomic E-state index is 12.1. The molecule has 27 heavy (non-hydrogen) atoms. The minimum absolute atomic E-state index is 0.0206. The van der Waals surface area contributed by atoms with Gasteiger partial charge in [-0.1, -0.05) is 18.2 Å². The molecule has 2 aromatic rings. The SMILES string of the molecule is COc1ccc(S(=O)(=O)NCCNC(=O)CNC(=O)c2ccccc2)cc1. The summed E-state index contributed by atoms with van der Waals surface area (Å²) in [6.45, 7) is -0.0822. The molecule has 0 saturated heterocycles. The summed E-state index contributed by atoms with van der Waals surface area (Å²) in [5.74, 6) is -0.215. The van der Waals surface area contributed by atoms with Crippen molar-refractivity contribution in [2.24, 2.45) is 0 Å². The number of nitrogens with one attached hydrogen (secondary N) is 3. The summed E-state index contributed by atoms with van der Waals surface area (Å²) >= 11 is 0. The molecule has 0 atom stereocenters. The molecular formula is C18H21N3O5S. The Labute approximate surface area is 158 Å². The molecule has 0 aliphatic heterocycles. The zero-order valence-electron chi connectivity index (χ0n) is 14.8. The number of amides is 2. The summed E-state index contributed by atoms with van der Waals surface area (Å²) in [4.78, 5) is 23.6. The highest BCUT2D eigenvalue weighted by Gasteiger charge is 2.13. The highest BCUT2D eigenvalue weighted by molar-refractivity contribution is 7.89. The third-order valence-corrected chi connectivity index (χ3v) is 5.03. The van der Waals surface area contributed by atoms with Gasteiger partial charge >= 0.3 is 0 Å². The molecule has 0 radical (unpaired) electrons. The number of ether oxygens (including phenoxy) is 1. The third-order valence-electron chi connectivity index (χ3n) is 3.55. The van der Waals surface area contributed by atoms with E-state index in [0.717, 1.165) is 0 Å². The lowest BCUT2D eigenvalue weighted by atomic mass is 10.2. The van der Waals surface area contributed by atoms with Gasteiger partial charge in [-0.15, -0.1) is 0 Å². The number of carbonyl (C=O) groups is 2. The molecule has 0 aliphatic rings. The molecule has 144 valence electrons. The summed E-state index contributed by atoms with van der Waals surface area (Å²) < 4.78 is 31.6. The van der Waals surface area contributed by atoms with E-state index in [0.29, 0.717) is 11.3 Å². The molecule has 2 aromatic carbocycles. The predicted octanol–water partition coefficient (Wildman–Crippen LogP) is 0.520. The Morgan fingerprint density at radius 2 is 1.59 bits per heavy atom. The number of carbonyl (C=O) groups excluding carboxylic acids is 2. The second kappa shape index (κ2) is 9.70. The fourth-order valence-corrected chi connectivity index (χ4v) is 3.17. The lowest BCUT2D eigenvalue weighted by Gasteiger charge is -2.09. The quantitative estimate of drug-likeness (QED) is 0.539. The number of hydrogen-bond donors (Lipinski definition) is 3. The lowest BCUT2D eigenvalue weighted by molar-refractivity contribution is -0.120. The van der Waals surface area contributed by atoms with Gasteiger partial charge in [0.2, 0.25) is 15.9 Å². The van der Waals surface area contributed by atoms with E-state index in [4.69, 9.17) is 4.74 Å². The molecule has 0 heterocycles. The van der Waals surface area contributed by atoms with Gasteiger partial charge in [0.15, 0.2) is 0 Å². The van der Waals surface area contributed by atoms with Gasteiger partial charge in [0.05, 0.1) is 18.6 Å². The van der Waals surface area contributed by atoms with Gasteiger partial charge in [0.1, 0.15) is 5.75 Å². The van der Waals surface area contributed by atoms with E-state index in [-0.39, 0.29) is 30.4 Å². The minimum atomic E-state index is -3.67. The molecule has 2 rings (SSSR count). The molecular weight excluding hydrogens is 370 g/mol. The van der Waals surface area contributed by atoms with Crippen LogP contribution in [0.1, 0.15) is 10.4 Å². The van der Waals surface area contributed by atoms with Crippen LogP contribution in [0.15, 0.2) is 59.5 Å². The van der Waals surface area contributed by atoms with Crippen molar-refractivity contribution in [1.29, 1.82) is 0 Å². The van der Waals surface area contributed by atoms with Gasteiger partial charge in [-0.25, -0.2) is 13.1 Å². The number of rotatable bonds is 9. The van der Waals surface area contributed by atoms with Gasteiger partial charge in [-0.05, 0) is 36.4 Å². The Morgan fingerprint density at radius 3 is 2.22 bits per heavy atom. The fourth-order valence-electron chi connectivity index (χ4n) is 2.14. The van der Waals surface area contributed by atoms with Crippen LogP contribution in [0.25, 0.3) is 0 Å². The molecule has 0 spiro atoms. The van der Waals surface area contributed by atoms with E-state index in [2.05, 4.69) is 15.4 Å². The zero-order valence-corrected chi connectivity index (χ0v) is 15.6. The van der Waals surface area contributed by atoms with E-state index in [1.165, 1.54) is 19.2 Å². The predicted molar refractivity (Wildman–Crippen MR) is 100.0 cm³/mol. The standard InChI is InChI=1S/C18H21N3O5S/c1-26-15-7-9-16(10-8-15)27(24,25)21-12-11-19-17(22)13-20-18(23)14-5-3-2-4-6-14/h2-10,21H,11-13H2,1H3,(H,19,22)(H,20,23). The van der Waals surface area contributed by atoms with Crippen LogP contribution < -0.4 is 20.1 Å². The Balaban J connectivity index is 1.70. The topological polar surface area (TPSA) is 114 Å². The van der Waals surface area contributed by atoms with Crippen LogP contribution in [0.2, 0.25) is 0 Å². The van der Waals surface area contributed by atoms with Gasteiger partial charge in [0.25, 0.3) is 5.91 Å². The number of hydrogen-bond acceptors (Lipinski definition) is 5. The smallest absolute Gasteiger partial charge is 0.251 e. The van der Waals surface area contributed by atoms with Crippen LogP contribution in [0.5, 0.6) is 5.75 Å². The van der Waals surface area contributed by atoms with Gasteiger partial charge in [0, 0.05) is 18.7 Å². The van der Waals surface area contributed by atoms with Gasteiger partial charge < -0.3 is 15.4 Å². The van der Waals surface area contributed by atoms with E-state index in [1.54, 1.807) is 42.5 Å². The van der Waals surface area contributed by atoms with Crippen molar-refractivity contribution < 1.29 is 22.7 Å². The Bertz CT molecular complexity index is 868. The van der Waals surface area contributed by atoms with E-state index >= 15 is 0 Å². The number of benzene rings is 2. The minimum Gasteiger partial charge on any atom is -0.497 e. The molecule has 0 saturated carbocycles. The van der Waals surface area contributed by atoms with Crippen molar-refractivity contribution in [3.63, 3.8) is 0 Å². The number of sulfonamides is 1. The maximum Gasteiger partial charge on any atom is 0.251 e. The van der Waals surface area contributed by atoms with E-state index in [9.17, 15) is 18.0 Å². The van der Waals surface area contributed by atoms with Crippen molar-refractivity contribution in [3.8, 4) is 5.75 Å². The maximum absolute atomic E-state index is 12.1. The molecule has 0 aliphatic carbocycles.